The van der Waals surface area contributed by atoms with Crippen LogP contribution in [0.1, 0.15) is 45.6 Å². The van der Waals surface area contributed by atoms with Gasteiger partial charge in [-0.05, 0) is 75.5 Å². The van der Waals surface area contributed by atoms with Crippen LogP contribution in [0.4, 0.5) is 9.18 Å². The summed E-state index contributed by atoms with van der Waals surface area (Å²) >= 11 is 3.23. The highest BCUT2D eigenvalue weighted by Gasteiger charge is 2.67. The highest BCUT2D eigenvalue weighted by atomic mass is 79.9. The maximum atomic E-state index is 14.2. The molecule has 2 saturated carbocycles. The van der Waals surface area contributed by atoms with Gasteiger partial charge in [-0.3, -0.25) is 9.69 Å². The van der Waals surface area contributed by atoms with Gasteiger partial charge in [0.05, 0.1) is 18.0 Å². The fraction of sp³-hybridized carbons (Fsp3) is 0.609. The van der Waals surface area contributed by atoms with E-state index in [0.717, 1.165) is 12.8 Å². The Kier molecular flexibility index (Phi) is 5.42. The van der Waals surface area contributed by atoms with Gasteiger partial charge < -0.3 is 4.74 Å². The number of carbonyl (C=O) groups excluding carboxylic acids is 2. The minimum atomic E-state index is -0.636. The predicted molar refractivity (Wildman–Crippen MR) is 112 cm³/mol. The summed E-state index contributed by atoms with van der Waals surface area (Å²) in [4.78, 5) is 27.8. The smallest absolute Gasteiger partial charge is 0.411 e. The Labute approximate surface area is 184 Å². The van der Waals surface area contributed by atoms with Gasteiger partial charge in [-0.25, -0.2) is 9.18 Å². The van der Waals surface area contributed by atoms with Crippen molar-refractivity contribution >= 4 is 27.8 Å². The van der Waals surface area contributed by atoms with Crippen LogP contribution in [0.2, 0.25) is 0 Å². The molecule has 0 aromatic heterocycles. The first-order valence-corrected chi connectivity index (χ1v) is 11.3. The van der Waals surface area contributed by atoms with Crippen molar-refractivity contribution in [1.82, 2.24) is 4.90 Å². The van der Waals surface area contributed by atoms with Crippen molar-refractivity contribution in [3.8, 4) is 6.07 Å². The Balaban J connectivity index is 1.49. The standard InChI is InChI=1S/C23H26BrFN2O3/c1-23(2,3)30-22(29)27-19-10-17(15-9-16(15)19)21(27)20(28)7-12(11-26)6-13-4-5-14(24)8-18(13)25/h4-5,8,12,15-17,19,21H,6-7,9-10H2,1-3H3/t12-,15-,16+,17-,19+,21+/m1/s1. The number of piperidine rings is 1. The SMILES string of the molecule is CC(C)(C)OC(=O)N1[C@H](C(=O)C[C@H](C#N)Cc2ccc(Br)cc2F)[C@@H]2C[C@H]1[C@H]1C[C@@H]21. The first-order chi connectivity index (χ1) is 14.1. The van der Waals surface area contributed by atoms with Gasteiger partial charge >= 0.3 is 6.09 Å². The summed E-state index contributed by atoms with van der Waals surface area (Å²) < 4.78 is 20.4. The molecule has 0 N–H and O–H groups in total. The third-order valence-corrected chi connectivity index (χ3v) is 7.05. The number of fused-ring (bicyclic) bond motifs is 5. The van der Waals surface area contributed by atoms with Crippen LogP contribution < -0.4 is 0 Å². The fourth-order valence-corrected chi connectivity index (χ4v) is 5.66. The van der Waals surface area contributed by atoms with E-state index in [0.29, 0.717) is 21.9 Å². The van der Waals surface area contributed by atoms with Crippen LogP contribution in [0.5, 0.6) is 0 Å². The number of ketones is 1. The van der Waals surface area contributed by atoms with Gasteiger partial charge in [-0.2, -0.15) is 5.26 Å². The van der Waals surface area contributed by atoms with Gasteiger partial charge in [0.2, 0.25) is 0 Å². The van der Waals surface area contributed by atoms with Crippen molar-refractivity contribution in [1.29, 1.82) is 5.26 Å². The third kappa shape index (κ3) is 3.99. The highest BCUT2D eigenvalue weighted by molar-refractivity contribution is 9.10. The Morgan fingerprint density at radius 3 is 2.67 bits per heavy atom. The average Bonchev–Trinajstić information content (AvgIpc) is 3.25. The minimum absolute atomic E-state index is 0.0105. The molecule has 1 aromatic rings. The quantitative estimate of drug-likeness (QED) is 0.607. The minimum Gasteiger partial charge on any atom is -0.444 e. The van der Waals surface area contributed by atoms with E-state index >= 15 is 0 Å². The largest absolute Gasteiger partial charge is 0.444 e. The van der Waals surface area contributed by atoms with E-state index in [2.05, 4.69) is 22.0 Å². The number of nitriles is 1. The lowest BCUT2D eigenvalue weighted by molar-refractivity contribution is -0.126. The van der Waals surface area contributed by atoms with E-state index < -0.39 is 29.5 Å². The number of likely N-dealkylation sites (tertiary alicyclic amines) is 1. The molecule has 1 amide bonds. The van der Waals surface area contributed by atoms with E-state index in [1.54, 1.807) is 17.0 Å². The number of hydrogen-bond acceptors (Lipinski definition) is 4. The molecule has 2 aliphatic carbocycles. The Morgan fingerprint density at radius 1 is 1.30 bits per heavy atom. The number of hydrogen-bond donors (Lipinski definition) is 0. The molecule has 1 aromatic carbocycles. The lowest BCUT2D eigenvalue weighted by Crippen LogP contribution is -2.51. The third-order valence-electron chi connectivity index (χ3n) is 6.56. The molecular weight excluding hydrogens is 451 g/mol. The van der Waals surface area contributed by atoms with Gasteiger partial charge in [-0.15, -0.1) is 0 Å². The molecule has 160 valence electrons. The molecule has 1 saturated heterocycles. The normalized spacial score (nSPS) is 29.9. The molecule has 4 rings (SSSR count). The Bertz CT molecular complexity index is 922. The van der Waals surface area contributed by atoms with E-state index in [4.69, 9.17) is 4.74 Å². The summed E-state index contributed by atoms with van der Waals surface area (Å²) in [5, 5.41) is 9.61. The summed E-state index contributed by atoms with van der Waals surface area (Å²) in [7, 11) is 0. The summed E-state index contributed by atoms with van der Waals surface area (Å²) in [6.45, 7) is 5.44. The lowest BCUT2D eigenvalue weighted by atomic mass is 9.87. The summed E-state index contributed by atoms with van der Waals surface area (Å²) in [5.41, 5.74) is -0.221. The molecular formula is C23H26BrFN2O3. The zero-order chi connectivity index (χ0) is 21.8. The molecule has 2 bridgehead atoms. The Morgan fingerprint density at radius 2 is 2.03 bits per heavy atom. The van der Waals surface area contributed by atoms with Crippen molar-refractivity contribution in [2.24, 2.45) is 23.7 Å². The number of ether oxygens (including phenoxy) is 1. The fourth-order valence-electron chi connectivity index (χ4n) is 5.33. The van der Waals surface area contributed by atoms with Crippen molar-refractivity contribution in [2.75, 3.05) is 0 Å². The number of halogens is 2. The monoisotopic (exact) mass is 476 g/mol. The molecule has 0 spiro atoms. The van der Waals surface area contributed by atoms with Gasteiger partial charge in [0.15, 0.2) is 5.78 Å². The maximum absolute atomic E-state index is 14.2. The summed E-state index contributed by atoms with van der Waals surface area (Å²) in [6, 6.07) is 6.41. The second kappa shape index (κ2) is 7.64. The molecule has 1 aliphatic heterocycles. The zero-order valence-electron chi connectivity index (χ0n) is 17.4. The number of rotatable bonds is 5. The molecule has 0 radical (unpaired) electrons. The average molecular weight is 477 g/mol. The number of Topliss-reactive ketones (excluding diaryl/α,β-unsaturated/α-hetero) is 1. The molecule has 3 fully saturated rings. The van der Waals surface area contributed by atoms with Crippen LogP contribution in [0, 0.1) is 40.8 Å². The molecule has 30 heavy (non-hydrogen) atoms. The molecule has 1 heterocycles. The van der Waals surface area contributed by atoms with Gasteiger partial charge in [0.25, 0.3) is 0 Å². The van der Waals surface area contributed by atoms with Crippen LogP contribution >= 0.6 is 15.9 Å². The van der Waals surface area contributed by atoms with Crippen molar-refractivity contribution in [3.05, 3.63) is 34.1 Å². The molecule has 3 aliphatic rings. The van der Waals surface area contributed by atoms with Gasteiger partial charge in [0.1, 0.15) is 11.4 Å². The Hall–Kier alpha value is -1.94. The van der Waals surface area contributed by atoms with Gasteiger partial charge in [0, 0.05) is 16.9 Å². The summed E-state index contributed by atoms with van der Waals surface area (Å²) in [5.74, 6) is 0.00447. The predicted octanol–water partition coefficient (Wildman–Crippen LogP) is 4.87. The number of carbonyl (C=O) groups is 2. The molecule has 0 unspecified atom stereocenters. The van der Waals surface area contributed by atoms with Crippen LogP contribution in [0.15, 0.2) is 22.7 Å². The van der Waals surface area contributed by atoms with E-state index in [1.807, 2.05) is 20.8 Å². The second-order valence-electron chi connectivity index (χ2n) is 9.80. The molecule has 6 atom stereocenters. The van der Waals surface area contributed by atoms with Crippen LogP contribution in [-0.2, 0) is 16.0 Å². The molecule has 5 nitrogen and oxygen atoms in total. The summed E-state index contributed by atoms with van der Waals surface area (Å²) in [6.07, 6.45) is 1.64. The van der Waals surface area contributed by atoms with E-state index in [1.165, 1.54) is 6.07 Å². The van der Waals surface area contributed by atoms with Crippen molar-refractivity contribution in [2.45, 2.75) is 64.1 Å². The first-order valence-electron chi connectivity index (χ1n) is 10.5. The number of nitrogens with zero attached hydrogens (tertiary/aromatic N) is 2. The van der Waals surface area contributed by atoms with Crippen molar-refractivity contribution in [3.63, 3.8) is 0 Å². The van der Waals surface area contributed by atoms with Crippen LogP contribution in [-0.4, -0.2) is 34.5 Å². The highest BCUT2D eigenvalue weighted by Crippen LogP contribution is 2.63. The molecule has 7 heteroatoms. The number of benzene rings is 1. The van der Waals surface area contributed by atoms with Crippen LogP contribution in [0.25, 0.3) is 0 Å². The maximum Gasteiger partial charge on any atom is 0.411 e. The lowest BCUT2D eigenvalue weighted by Gasteiger charge is -2.35. The first kappa shape index (κ1) is 21.3. The second-order valence-corrected chi connectivity index (χ2v) is 10.7. The van der Waals surface area contributed by atoms with E-state index in [-0.39, 0.29) is 30.6 Å². The zero-order valence-corrected chi connectivity index (χ0v) is 19.0. The van der Waals surface area contributed by atoms with E-state index in [9.17, 15) is 19.2 Å². The topological polar surface area (TPSA) is 70.4 Å². The van der Waals surface area contributed by atoms with Crippen molar-refractivity contribution < 1.29 is 18.7 Å². The van der Waals surface area contributed by atoms with Gasteiger partial charge in [-0.1, -0.05) is 22.0 Å². The number of amides is 1. The van der Waals surface area contributed by atoms with Crippen LogP contribution in [0.3, 0.4) is 0 Å².